The predicted molar refractivity (Wildman–Crippen MR) is 153 cm³/mol. The van der Waals surface area contributed by atoms with Crippen molar-refractivity contribution in [3.05, 3.63) is 71.3 Å². The van der Waals surface area contributed by atoms with Gasteiger partial charge in [0.2, 0.25) is 13.6 Å². The second-order valence-corrected chi connectivity index (χ2v) is 11.1. The molecule has 0 aliphatic carbocycles. The minimum Gasteiger partial charge on any atom is -0.496 e. The molecule has 2 aromatic rings. The molecule has 0 bridgehead atoms. The van der Waals surface area contributed by atoms with Crippen molar-refractivity contribution in [3.63, 3.8) is 0 Å². The fraction of sp³-hybridized carbons (Fsp3) is 0.406. The Hall–Kier alpha value is -4.07. The normalized spacial score (nSPS) is 11.9. The molecule has 0 aromatic heterocycles. The van der Waals surface area contributed by atoms with Crippen LogP contribution < -0.4 is 14.2 Å². The highest BCUT2D eigenvalue weighted by atomic mass is 16.7. The quantitative estimate of drug-likeness (QED) is 0.0960. The Kier molecular flexibility index (Phi) is 11.5. The van der Waals surface area contributed by atoms with Gasteiger partial charge in [-0.15, -0.1) is 0 Å². The van der Waals surface area contributed by atoms with Gasteiger partial charge in [-0.05, 0) is 103 Å². The van der Waals surface area contributed by atoms with Gasteiger partial charge in [0.05, 0.1) is 17.9 Å². The third-order valence-corrected chi connectivity index (χ3v) is 5.58. The molecule has 0 fully saturated rings. The summed E-state index contributed by atoms with van der Waals surface area (Å²) < 4.78 is 27.1. The number of hydrogen-bond donors (Lipinski definition) is 0. The summed E-state index contributed by atoms with van der Waals surface area (Å²) in [6, 6.07) is 10.1. The maximum atomic E-state index is 12.8. The minimum absolute atomic E-state index is 0.211. The molecule has 0 saturated heterocycles. The molecule has 8 nitrogen and oxygen atoms in total. The molecule has 0 amide bonds. The van der Waals surface area contributed by atoms with E-state index in [0.29, 0.717) is 34.8 Å². The van der Waals surface area contributed by atoms with Crippen molar-refractivity contribution in [2.24, 2.45) is 10.8 Å². The summed E-state index contributed by atoms with van der Waals surface area (Å²) in [5.74, 6) is 0.551. The first-order valence-electron chi connectivity index (χ1n) is 13.0. The second kappa shape index (κ2) is 14.4. The molecule has 0 N–H and O–H groups in total. The van der Waals surface area contributed by atoms with Crippen LogP contribution in [0.3, 0.4) is 0 Å². The molecule has 0 aliphatic rings. The van der Waals surface area contributed by atoms with Gasteiger partial charge in [0.15, 0.2) is 5.78 Å². The highest BCUT2D eigenvalue weighted by Gasteiger charge is 2.24. The van der Waals surface area contributed by atoms with Gasteiger partial charge >= 0.3 is 11.9 Å². The summed E-state index contributed by atoms with van der Waals surface area (Å²) in [5.41, 5.74) is 0.742. The van der Waals surface area contributed by atoms with Gasteiger partial charge < -0.3 is 23.7 Å². The highest BCUT2D eigenvalue weighted by molar-refractivity contribution is 6.07. The van der Waals surface area contributed by atoms with Gasteiger partial charge in [0, 0.05) is 17.2 Å². The molecule has 2 aromatic carbocycles. The van der Waals surface area contributed by atoms with Gasteiger partial charge in [0.25, 0.3) is 0 Å². The van der Waals surface area contributed by atoms with Crippen molar-refractivity contribution in [1.82, 2.24) is 0 Å². The fourth-order valence-corrected chi connectivity index (χ4v) is 3.18. The zero-order chi connectivity index (χ0) is 29.9. The van der Waals surface area contributed by atoms with E-state index in [1.165, 1.54) is 13.2 Å². The number of esters is 2. The molecule has 0 unspecified atom stereocenters. The Morgan fingerprint density at radius 1 is 0.800 bits per heavy atom. The van der Waals surface area contributed by atoms with Crippen molar-refractivity contribution in [1.29, 1.82) is 0 Å². The summed E-state index contributed by atoms with van der Waals surface area (Å²) in [6.45, 7) is 12.1. The van der Waals surface area contributed by atoms with Gasteiger partial charge in [-0.1, -0.05) is 12.2 Å². The predicted octanol–water partition coefficient (Wildman–Crippen LogP) is 6.56. The fourth-order valence-electron chi connectivity index (χ4n) is 3.18. The third-order valence-electron chi connectivity index (χ3n) is 5.58. The van der Waals surface area contributed by atoms with Gasteiger partial charge in [-0.2, -0.15) is 0 Å². The third kappa shape index (κ3) is 9.91. The zero-order valence-electron chi connectivity index (χ0n) is 24.7. The molecule has 2 rings (SSSR count). The number of rotatable bonds is 12. The number of methoxy groups -OCH3 is 1. The lowest BCUT2D eigenvalue weighted by Gasteiger charge is -2.18. The number of allylic oxidation sites excluding steroid dienone is 3. The van der Waals surface area contributed by atoms with Crippen LogP contribution in [0.4, 0.5) is 0 Å². The molecule has 0 atom stereocenters. The molecule has 0 radical (unpaired) electrons. The average Bonchev–Trinajstić information content (AvgIpc) is 2.90. The first-order chi connectivity index (χ1) is 18.8. The van der Waals surface area contributed by atoms with Crippen LogP contribution in [0.2, 0.25) is 0 Å². The lowest BCUT2D eigenvalue weighted by Crippen LogP contribution is -2.24. The maximum Gasteiger partial charge on any atom is 0.314 e. The summed E-state index contributed by atoms with van der Waals surface area (Å²) in [7, 11) is 1.53. The van der Waals surface area contributed by atoms with E-state index in [-0.39, 0.29) is 31.3 Å². The monoisotopic (exact) mass is 552 g/mol. The lowest BCUT2D eigenvalue weighted by atomic mass is 9.97. The van der Waals surface area contributed by atoms with Crippen LogP contribution in [0.15, 0.2) is 54.6 Å². The molecular formula is C32H40O8. The smallest absolute Gasteiger partial charge is 0.314 e. The van der Waals surface area contributed by atoms with Crippen LogP contribution in [-0.4, -0.2) is 38.4 Å². The van der Waals surface area contributed by atoms with Gasteiger partial charge in [0.1, 0.15) is 17.2 Å². The Morgan fingerprint density at radius 3 is 1.90 bits per heavy atom. The van der Waals surface area contributed by atoms with E-state index >= 15 is 0 Å². The Bertz CT molecular complexity index is 1230. The van der Waals surface area contributed by atoms with Crippen molar-refractivity contribution < 1.29 is 38.1 Å². The van der Waals surface area contributed by atoms with Gasteiger partial charge in [-0.25, -0.2) is 0 Å². The van der Waals surface area contributed by atoms with Crippen molar-refractivity contribution in [3.8, 4) is 17.2 Å². The van der Waals surface area contributed by atoms with Crippen LogP contribution in [0, 0.1) is 10.8 Å². The van der Waals surface area contributed by atoms with Crippen LogP contribution in [0.5, 0.6) is 17.2 Å². The number of benzene rings is 2. The van der Waals surface area contributed by atoms with E-state index in [0.717, 1.165) is 5.56 Å². The van der Waals surface area contributed by atoms with Crippen molar-refractivity contribution in [2.75, 3.05) is 20.7 Å². The molecule has 216 valence electrons. The zero-order valence-corrected chi connectivity index (χ0v) is 24.7. The average molecular weight is 553 g/mol. The van der Waals surface area contributed by atoms with Crippen LogP contribution >= 0.6 is 0 Å². The molecule has 0 heterocycles. The minimum atomic E-state index is -0.635. The maximum absolute atomic E-state index is 12.8. The first kappa shape index (κ1) is 32.1. The molecule has 40 heavy (non-hydrogen) atoms. The molecule has 0 aliphatic heterocycles. The number of hydrogen-bond acceptors (Lipinski definition) is 8. The molecule has 0 spiro atoms. The molecule has 0 saturated carbocycles. The number of carbonyl (C=O) groups is 3. The Balaban J connectivity index is 2.13. The van der Waals surface area contributed by atoms with Crippen LogP contribution in [-0.2, 0) is 25.5 Å². The highest BCUT2D eigenvalue weighted by Crippen LogP contribution is 2.31. The van der Waals surface area contributed by atoms with Crippen molar-refractivity contribution >= 4 is 23.8 Å². The largest absolute Gasteiger partial charge is 0.496 e. The Morgan fingerprint density at radius 2 is 1.38 bits per heavy atom. The summed E-state index contributed by atoms with van der Waals surface area (Å²) in [6.07, 6.45) is 7.62. The van der Waals surface area contributed by atoms with E-state index in [1.54, 1.807) is 78.0 Å². The number of carbonyl (C=O) groups excluding carboxylic acids is 3. The van der Waals surface area contributed by atoms with Crippen LogP contribution in [0.1, 0.15) is 70.0 Å². The van der Waals surface area contributed by atoms with E-state index in [9.17, 15) is 14.4 Å². The SMILES string of the molecule is CC=CCc1cc(C=CC(=O)c2ccc(OCOC(=O)C(C)(C)C)cc2)c(OC)cc1OCOC(=O)C(C)(C)C. The van der Waals surface area contributed by atoms with Crippen LogP contribution in [0.25, 0.3) is 6.08 Å². The Labute approximate surface area is 236 Å². The topological polar surface area (TPSA) is 97.4 Å². The number of ketones is 1. The second-order valence-electron chi connectivity index (χ2n) is 11.1. The summed E-state index contributed by atoms with van der Waals surface area (Å²) >= 11 is 0. The van der Waals surface area contributed by atoms with E-state index in [4.69, 9.17) is 23.7 Å². The summed E-state index contributed by atoms with van der Waals surface area (Å²) in [5, 5.41) is 0. The molecular weight excluding hydrogens is 512 g/mol. The van der Waals surface area contributed by atoms with E-state index in [2.05, 4.69) is 0 Å². The molecule has 8 heteroatoms. The number of ether oxygens (including phenoxy) is 5. The standard InChI is InChI=1S/C32H40O8/c1-9-10-11-23-18-24(27(36-8)19-28(23)38-21-40-30(35)32(5,6)7)14-17-26(33)22-12-15-25(16-13-22)37-20-39-29(34)31(2,3)4/h9-10,12-19H,11,20-21H2,1-8H3. The van der Waals surface area contributed by atoms with Gasteiger partial charge in [-0.3, -0.25) is 14.4 Å². The lowest BCUT2D eigenvalue weighted by molar-refractivity contribution is -0.160. The first-order valence-corrected chi connectivity index (χ1v) is 13.0. The van der Waals surface area contributed by atoms with E-state index < -0.39 is 10.8 Å². The summed E-state index contributed by atoms with van der Waals surface area (Å²) in [4.78, 5) is 36.7. The van der Waals surface area contributed by atoms with E-state index in [1.807, 2.05) is 25.1 Å². The van der Waals surface area contributed by atoms with Crippen molar-refractivity contribution in [2.45, 2.75) is 54.9 Å².